The zero-order chi connectivity index (χ0) is 16.4. The van der Waals surface area contributed by atoms with Crippen LogP contribution in [0.3, 0.4) is 0 Å². The predicted molar refractivity (Wildman–Crippen MR) is 100 cm³/mol. The van der Waals surface area contributed by atoms with Crippen LogP contribution in [0.25, 0.3) is 0 Å². The summed E-state index contributed by atoms with van der Waals surface area (Å²) in [7, 11) is 0. The van der Waals surface area contributed by atoms with E-state index in [9.17, 15) is 0 Å². The van der Waals surface area contributed by atoms with E-state index in [1.54, 1.807) is 0 Å². The summed E-state index contributed by atoms with van der Waals surface area (Å²) in [6.45, 7) is 4.29. The molecule has 0 N–H and O–H groups in total. The second-order valence-electron chi connectivity index (χ2n) is 6.72. The van der Waals surface area contributed by atoms with E-state index in [4.69, 9.17) is 0 Å². The quantitative estimate of drug-likeness (QED) is 0.647. The van der Waals surface area contributed by atoms with Gasteiger partial charge in [-0.2, -0.15) is 0 Å². The highest BCUT2D eigenvalue weighted by atomic mass is 15.2. The maximum atomic E-state index is 2.62. The third-order valence-corrected chi connectivity index (χ3v) is 4.97. The van der Waals surface area contributed by atoms with Crippen molar-refractivity contribution in [2.75, 3.05) is 6.54 Å². The van der Waals surface area contributed by atoms with E-state index in [1.165, 1.54) is 27.8 Å². The molecule has 0 aliphatic carbocycles. The summed E-state index contributed by atoms with van der Waals surface area (Å²) in [5, 5.41) is 0. The molecule has 1 unspecified atom stereocenters. The Morgan fingerprint density at radius 3 is 2.33 bits per heavy atom. The van der Waals surface area contributed by atoms with Gasteiger partial charge >= 0.3 is 0 Å². The molecule has 4 rings (SSSR count). The molecule has 1 heteroatoms. The molecule has 1 nitrogen and oxygen atoms in total. The number of hydrogen-bond acceptors (Lipinski definition) is 1. The summed E-state index contributed by atoms with van der Waals surface area (Å²) in [6.07, 6.45) is 1.13. The van der Waals surface area contributed by atoms with Crippen LogP contribution in [0.1, 0.15) is 33.9 Å². The van der Waals surface area contributed by atoms with Gasteiger partial charge in [-0.1, -0.05) is 84.4 Å². The van der Waals surface area contributed by atoms with Crippen molar-refractivity contribution in [3.8, 4) is 0 Å². The van der Waals surface area contributed by atoms with Crippen molar-refractivity contribution in [1.29, 1.82) is 0 Å². The lowest BCUT2D eigenvalue weighted by Crippen LogP contribution is -2.35. The van der Waals surface area contributed by atoms with Crippen molar-refractivity contribution in [3.63, 3.8) is 0 Å². The Kier molecular flexibility index (Phi) is 4.18. The molecule has 0 radical (unpaired) electrons. The minimum atomic E-state index is 0.343. The van der Waals surface area contributed by atoms with Gasteiger partial charge in [0.1, 0.15) is 0 Å². The topological polar surface area (TPSA) is 3.24 Å². The van der Waals surface area contributed by atoms with Gasteiger partial charge < -0.3 is 0 Å². The van der Waals surface area contributed by atoms with Crippen LogP contribution in [-0.2, 0) is 13.0 Å². The summed E-state index contributed by atoms with van der Waals surface area (Å²) in [5.41, 5.74) is 7.09. The molecule has 3 aromatic rings. The minimum Gasteiger partial charge on any atom is -0.288 e. The highest BCUT2D eigenvalue weighted by molar-refractivity contribution is 5.42. The van der Waals surface area contributed by atoms with Crippen LogP contribution in [0.15, 0.2) is 78.9 Å². The smallest absolute Gasteiger partial charge is 0.0607 e. The van der Waals surface area contributed by atoms with Crippen molar-refractivity contribution < 1.29 is 0 Å². The predicted octanol–water partition coefficient (Wildman–Crippen LogP) is 5.14. The summed E-state index contributed by atoms with van der Waals surface area (Å²) in [4.78, 5) is 2.62. The van der Waals surface area contributed by atoms with Crippen LogP contribution in [0, 0.1) is 6.92 Å². The Hall–Kier alpha value is -2.38. The molecule has 3 aromatic carbocycles. The maximum Gasteiger partial charge on any atom is 0.0607 e. The van der Waals surface area contributed by atoms with Gasteiger partial charge in [0.2, 0.25) is 0 Å². The van der Waals surface area contributed by atoms with E-state index in [0.717, 1.165) is 19.5 Å². The van der Waals surface area contributed by atoms with Crippen molar-refractivity contribution in [2.24, 2.45) is 0 Å². The zero-order valence-corrected chi connectivity index (χ0v) is 14.2. The fourth-order valence-corrected chi connectivity index (χ4v) is 3.80. The Morgan fingerprint density at radius 2 is 1.58 bits per heavy atom. The third-order valence-electron chi connectivity index (χ3n) is 4.97. The lowest BCUT2D eigenvalue weighted by atomic mass is 9.87. The SMILES string of the molecule is Cc1ccc2c(c1)C(c1ccccc1)N(Cc1ccccc1)CC2. The van der Waals surface area contributed by atoms with Crippen LogP contribution < -0.4 is 0 Å². The number of hydrogen-bond donors (Lipinski definition) is 0. The van der Waals surface area contributed by atoms with E-state index in [1.807, 2.05) is 0 Å². The largest absolute Gasteiger partial charge is 0.288 e. The second-order valence-corrected chi connectivity index (χ2v) is 6.72. The van der Waals surface area contributed by atoms with Gasteiger partial charge in [0, 0.05) is 13.1 Å². The molecule has 1 aliphatic rings. The first-order valence-corrected chi connectivity index (χ1v) is 8.73. The van der Waals surface area contributed by atoms with Crippen molar-refractivity contribution in [2.45, 2.75) is 25.9 Å². The molecule has 0 saturated heterocycles. The van der Waals surface area contributed by atoms with Gasteiger partial charge in [-0.05, 0) is 35.6 Å². The van der Waals surface area contributed by atoms with Crippen molar-refractivity contribution in [3.05, 3.63) is 107 Å². The lowest BCUT2D eigenvalue weighted by Gasteiger charge is -2.38. The molecule has 0 spiro atoms. The average Bonchev–Trinajstić information content (AvgIpc) is 2.63. The molecule has 1 atom stereocenters. The van der Waals surface area contributed by atoms with Crippen LogP contribution >= 0.6 is 0 Å². The van der Waals surface area contributed by atoms with E-state index in [-0.39, 0.29) is 0 Å². The normalized spacial score (nSPS) is 17.5. The highest BCUT2D eigenvalue weighted by Crippen LogP contribution is 2.36. The molecule has 0 saturated carbocycles. The van der Waals surface area contributed by atoms with E-state index in [0.29, 0.717) is 6.04 Å². The standard InChI is InChI=1S/C23H23N/c1-18-12-13-20-14-15-24(17-19-8-4-2-5-9-19)23(22(20)16-18)21-10-6-3-7-11-21/h2-13,16,23H,14-15,17H2,1H3. The van der Waals surface area contributed by atoms with E-state index in [2.05, 4.69) is 90.7 Å². The van der Waals surface area contributed by atoms with Crippen LogP contribution in [0.4, 0.5) is 0 Å². The molecular formula is C23H23N. The van der Waals surface area contributed by atoms with Gasteiger partial charge in [0.25, 0.3) is 0 Å². The molecule has 0 fully saturated rings. The number of nitrogens with zero attached hydrogens (tertiary/aromatic N) is 1. The van der Waals surface area contributed by atoms with Gasteiger partial charge in [-0.3, -0.25) is 4.90 Å². The fraction of sp³-hybridized carbons (Fsp3) is 0.217. The van der Waals surface area contributed by atoms with E-state index < -0.39 is 0 Å². The van der Waals surface area contributed by atoms with Gasteiger partial charge in [-0.25, -0.2) is 0 Å². The van der Waals surface area contributed by atoms with Gasteiger partial charge in [0.05, 0.1) is 6.04 Å². The Balaban J connectivity index is 1.76. The molecule has 120 valence electrons. The van der Waals surface area contributed by atoms with Crippen molar-refractivity contribution >= 4 is 0 Å². The summed E-state index contributed by atoms with van der Waals surface area (Å²) in [5.74, 6) is 0. The molecule has 24 heavy (non-hydrogen) atoms. The van der Waals surface area contributed by atoms with Crippen LogP contribution in [0.2, 0.25) is 0 Å². The molecular weight excluding hydrogens is 290 g/mol. The zero-order valence-electron chi connectivity index (χ0n) is 14.2. The average molecular weight is 313 g/mol. The minimum absolute atomic E-state index is 0.343. The number of fused-ring (bicyclic) bond motifs is 1. The maximum absolute atomic E-state index is 2.62. The first-order valence-electron chi connectivity index (χ1n) is 8.73. The summed E-state index contributed by atoms with van der Waals surface area (Å²) < 4.78 is 0. The number of rotatable bonds is 3. The molecule has 1 heterocycles. The van der Waals surface area contributed by atoms with Crippen molar-refractivity contribution in [1.82, 2.24) is 4.90 Å². The summed E-state index contributed by atoms with van der Waals surface area (Å²) in [6, 6.07) is 29.0. The fourth-order valence-electron chi connectivity index (χ4n) is 3.80. The molecule has 0 aromatic heterocycles. The number of aryl methyl sites for hydroxylation is 1. The van der Waals surface area contributed by atoms with E-state index >= 15 is 0 Å². The highest BCUT2D eigenvalue weighted by Gasteiger charge is 2.28. The molecule has 0 amide bonds. The second kappa shape index (κ2) is 6.62. The first-order chi connectivity index (χ1) is 11.8. The molecule has 0 bridgehead atoms. The van der Waals surface area contributed by atoms with Gasteiger partial charge in [-0.15, -0.1) is 0 Å². The summed E-state index contributed by atoms with van der Waals surface area (Å²) >= 11 is 0. The Bertz CT molecular complexity index is 808. The third kappa shape index (κ3) is 3.00. The monoisotopic (exact) mass is 313 g/mol. The Morgan fingerprint density at radius 1 is 0.875 bits per heavy atom. The van der Waals surface area contributed by atoms with Gasteiger partial charge in [0.15, 0.2) is 0 Å². The van der Waals surface area contributed by atoms with Crippen LogP contribution in [0.5, 0.6) is 0 Å². The molecule has 1 aliphatic heterocycles. The van der Waals surface area contributed by atoms with Crippen LogP contribution in [-0.4, -0.2) is 11.4 Å². The lowest BCUT2D eigenvalue weighted by molar-refractivity contribution is 0.204. The first kappa shape index (κ1) is 15.2. The number of benzene rings is 3. The Labute approximate surface area is 144 Å².